The third-order valence-corrected chi connectivity index (χ3v) is 3.91. The molecule has 0 spiro atoms. The molecule has 0 saturated carbocycles. The normalized spacial score (nSPS) is 17.5. The summed E-state index contributed by atoms with van der Waals surface area (Å²) in [5.74, 6) is -0.580. The topological polar surface area (TPSA) is 83.7 Å². The van der Waals surface area contributed by atoms with E-state index in [-0.39, 0.29) is 29.0 Å². The van der Waals surface area contributed by atoms with Crippen molar-refractivity contribution in [1.29, 1.82) is 0 Å². The maximum Gasteiger partial charge on any atom is 0.303 e. The summed E-state index contributed by atoms with van der Waals surface area (Å²) in [5.41, 5.74) is 1.69. The van der Waals surface area contributed by atoms with Crippen LogP contribution in [-0.2, 0) is 4.79 Å². The minimum Gasteiger partial charge on any atom is -0.481 e. The van der Waals surface area contributed by atoms with Crippen LogP contribution in [0.25, 0.3) is 0 Å². The zero-order valence-corrected chi connectivity index (χ0v) is 11.6. The Hall–Kier alpha value is -1.95. The Balaban J connectivity index is 2.04. The van der Waals surface area contributed by atoms with Gasteiger partial charge in [-0.25, -0.2) is 0 Å². The molecule has 108 valence electrons. The van der Waals surface area contributed by atoms with Crippen molar-refractivity contribution >= 4 is 11.7 Å². The molecule has 1 fully saturated rings. The average molecular weight is 278 g/mol. The summed E-state index contributed by atoms with van der Waals surface area (Å²) in [6, 6.07) is 5.35. The van der Waals surface area contributed by atoms with Crippen LogP contribution in [0.3, 0.4) is 0 Å². The Morgan fingerprint density at radius 1 is 1.55 bits per heavy atom. The highest BCUT2D eigenvalue weighted by Crippen LogP contribution is 2.32. The van der Waals surface area contributed by atoms with Crippen molar-refractivity contribution in [1.82, 2.24) is 4.90 Å². The van der Waals surface area contributed by atoms with Crippen molar-refractivity contribution < 1.29 is 14.8 Å². The van der Waals surface area contributed by atoms with Gasteiger partial charge in [-0.05, 0) is 25.3 Å². The Bertz CT molecular complexity index is 538. The molecule has 0 aliphatic carbocycles. The number of carbonyl (C=O) groups is 1. The highest BCUT2D eigenvalue weighted by Gasteiger charge is 2.32. The minimum absolute atomic E-state index is 0.0688. The van der Waals surface area contributed by atoms with E-state index in [0.717, 1.165) is 18.7 Å². The van der Waals surface area contributed by atoms with Crippen LogP contribution in [0.4, 0.5) is 5.69 Å². The average Bonchev–Trinajstić information content (AvgIpc) is 2.32. The van der Waals surface area contributed by atoms with Crippen LogP contribution < -0.4 is 0 Å². The van der Waals surface area contributed by atoms with Gasteiger partial charge in [0.05, 0.1) is 11.3 Å². The summed E-state index contributed by atoms with van der Waals surface area (Å²) in [6.07, 6.45) is 0.192. The van der Waals surface area contributed by atoms with Gasteiger partial charge < -0.3 is 5.11 Å². The number of hydrogen-bond donors (Lipinski definition) is 1. The second-order valence-electron chi connectivity index (χ2n) is 5.40. The van der Waals surface area contributed by atoms with Gasteiger partial charge in [-0.1, -0.05) is 12.1 Å². The molecule has 6 heteroatoms. The Labute approximate surface area is 117 Å². The molecule has 20 heavy (non-hydrogen) atoms. The third kappa shape index (κ3) is 2.96. The summed E-state index contributed by atoms with van der Waals surface area (Å²) < 4.78 is 0. The number of carboxylic acid groups (broad SMARTS) is 1. The van der Waals surface area contributed by atoms with Crippen LogP contribution in [0.5, 0.6) is 0 Å². The van der Waals surface area contributed by atoms with Crippen LogP contribution in [0, 0.1) is 23.0 Å². The molecule has 0 radical (unpaired) electrons. The first-order valence-corrected chi connectivity index (χ1v) is 6.59. The summed E-state index contributed by atoms with van der Waals surface area (Å²) >= 11 is 0. The number of nitrogens with zero attached hydrogens (tertiary/aromatic N) is 2. The number of benzene rings is 1. The standard InChI is InChI=1S/C14H18N2O4/c1-9-3-4-12(6-13(9)16(19)20)10(2)15-7-11(8-15)5-14(17)18/h3-4,6,10-11H,5,7-8H2,1-2H3,(H,17,18). The van der Waals surface area contributed by atoms with Crippen molar-refractivity contribution in [3.8, 4) is 0 Å². The molecule has 0 amide bonds. The molecule has 1 heterocycles. The lowest BCUT2D eigenvalue weighted by Gasteiger charge is -2.42. The largest absolute Gasteiger partial charge is 0.481 e. The molecular formula is C14H18N2O4. The van der Waals surface area contributed by atoms with E-state index in [1.165, 1.54) is 0 Å². The second kappa shape index (κ2) is 5.58. The lowest BCUT2D eigenvalue weighted by molar-refractivity contribution is -0.385. The number of rotatable bonds is 5. The van der Waals surface area contributed by atoms with Gasteiger partial charge in [-0.3, -0.25) is 19.8 Å². The van der Waals surface area contributed by atoms with Crippen molar-refractivity contribution in [2.24, 2.45) is 5.92 Å². The maximum atomic E-state index is 10.9. The summed E-state index contributed by atoms with van der Waals surface area (Å²) in [6.45, 7) is 5.18. The molecule has 0 bridgehead atoms. The van der Waals surface area contributed by atoms with E-state index in [4.69, 9.17) is 5.11 Å². The molecule has 1 unspecified atom stereocenters. The van der Waals surface area contributed by atoms with Crippen LogP contribution in [0.15, 0.2) is 18.2 Å². The van der Waals surface area contributed by atoms with Crippen molar-refractivity contribution in [3.63, 3.8) is 0 Å². The van der Waals surface area contributed by atoms with Gasteiger partial charge in [0.2, 0.25) is 0 Å². The van der Waals surface area contributed by atoms with Crippen LogP contribution in [0.2, 0.25) is 0 Å². The number of aryl methyl sites for hydroxylation is 1. The maximum absolute atomic E-state index is 10.9. The van der Waals surface area contributed by atoms with Gasteiger partial charge in [0.25, 0.3) is 5.69 Å². The summed E-state index contributed by atoms with van der Waals surface area (Å²) in [7, 11) is 0. The van der Waals surface area contributed by atoms with Crippen LogP contribution >= 0.6 is 0 Å². The number of nitro benzene ring substituents is 1. The molecule has 2 rings (SSSR count). The van der Waals surface area contributed by atoms with E-state index in [0.29, 0.717) is 5.56 Å². The fraction of sp³-hybridized carbons (Fsp3) is 0.500. The monoisotopic (exact) mass is 278 g/mol. The van der Waals surface area contributed by atoms with Crippen molar-refractivity contribution in [3.05, 3.63) is 39.4 Å². The Morgan fingerprint density at radius 3 is 2.75 bits per heavy atom. The van der Waals surface area contributed by atoms with Gasteiger partial charge >= 0.3 is 5.97 Å². The highest BCUT2D eigenvalue weighted by atomic mass is 16.6. The zero-order valence-electron chi connectivity index (χ0n) is 11.6. The van der Waals surface area contributed by atoms with Gasteiger partial charge in [-0.2, -0.15) is 0 Å². The minimum atomic E-state index is -0.770. The molecule has 0 aromatic heterocycles. The first-order valence-electron chi connectivity index (χ1n) is 6.59. The fourth-order valence-corrected chi connectivity index (χ4v) is 2.60. The molecule has 6 nitrogen and oxygen atoms in total. The summed E-state index contributed by atoms with van der Waals surface area (Å²) in [5, 5.41) is 19.7. The third-order valence-electron chi connectivity index (χ3n) is 3.91. The van der Waals surface area contributed by atoms with E-state index in [2.05, 4.69) is 4.90 Å². The predicted molar refractivity (Wildman–Crippen MR) is 73.6 cm³/mol. The Morgan fingerprint density at radius 2 is 2.20 bits per heavy atom. The van der Waals surface area contributed by atoms with E-state index >= 15 is 0 Å². The molecule has 1 aliphatic heterocycles. The van der Waals surface area contributed by atoms with Gasteiger partial charge in [-0.15, -0.1) is 0 Å². The van der Waals surface area contributed by atoms with Crippen molar-refractivity contribution in [2.75, 3.05) is 13.1 Å². The second-order valence-corrected chi connectivity index (χ2v) is 5.40. The number of nitro groups is 1. The molecule has 1 saturated heterocycles. The molecular weight excluding hydrogens is 260 g/mol. The number of aliphatic carboxylic acids is 1. The highest BCUT2D eigenvalue weighted by molar-refractivity contribution is 5.67. The van der Waals surface area contributed by atoms with E-state index in [1.807, 2.05) is 13.0 Å². The van der Waals surface area contributed by atoms with Gasteiger partial charge in [0.15, 0.2) is 0 Å². The first kappa shape index (κ1) is 14.5. The molecule has 1 aromatic rings. The Kier molecular flexibility index (Phi) is 4.04. The lowest BCUT2D eigenvalue weighted by atomic mass is 9.92. The number of hydrogen-bond acceptors (Lipinski definition) is 4. The molecule has 1 aliphatic rings. The smallest absolute Gasteiger partial charge is 0.303 e. The van der Waals surface area contributed by atoms with E-state index in [1.54, 1.807) is 19.1 Å². The van der Waals surface area contributed by atoms with E-state index < -0.39 is 5.97 Å². The summed E-state index contributed by atoms with van der Waals surface area (Å²) in [4.78, 5) is 23.3. The van der Waals surface area contributed by atoms with Crippen LogP contribution in [0.1, 0.15) is 30.5 Å². The molecule has 1 N–H and O–H groups in total. The quantitative estimate of drug-likeness (QED) is 0.660. The molecule has 1 atom stereocenters. The van der Waals surface area contributed by atoms with Gasteiger partial charge in [0, 0.05) is 30.8 Å². The first-order chi connectivity index (χ1) is 9.38. The fourth-order valence-electron chi connectivity index (χ4n) is 2.60. The number of likely N-dealkylation sites (tertiary alicyclic amines) is 1. The van der Waals surface area contributed by atoms with Crippen LogP contribution in [-0.4, -0.2) is 34.0 Å². The lowest BCUT2D eigenvalue weighted by Crippen LogP contribution is -2.48. The predicted octanol–water partition coefficient (Wildman–Crippen LogP) is 2.37. The SMILES string of the molecule is Cc1ccc(C(C)N2CC(CC(=O)O)C2)cc1[N+](=O)[O-]. The zero-order chi connectivity index (χ0) is 14.9. The van der Waals surface area contributed by atoms with Crippen molar-refractivity contribution in [2.45, 2.75) is 26.3 Å². The number of carboxylic acids is 1. The van der Waals surface area contributed by atoms with E-state index in [9.17, 15) is 14.9 Å². The molecule has 1 aromatic carbocycles. The van der Waals surface area contributed by atoms with Gasteiger partial charge in [0.1, 0.15) is 0 Å².